The third-order valence-electron chi connectivity index (χ3n) is 5.45. The van der Waals surface area contributed by atoms with Crippen molar-refractivity contribution in [3.63, 3.8) is 0 Å². The highest BCUT2D eigenvalue weighted by molar-refractivity contribution is 7.80. The lowest BCUT2D eigenvalue weighted by Crippen LogP contribution is -2.51. The lowest BCUT2D eigenvalue weighted by molar-refractivity contribution is 0.0945. The van der Waals surface area contributed by atoms with Crippen molar-refractivity contribution in [3.8, 4) is 11.5 Å². The molecule has 6 nitrogen and oxygen atoms in total. The number of rotatable bonds is 3. The number of hydrogen-bond donors (Lipinski definition) is 3. The molecule has 2 heterocycles. The molecule has 29 heavy (non-hydrogen) atoms. The predicted molar refractivity (Wildman–Crippen MR) is 117 cm³/mol. The summed E-state index contributed by atoms with van der Waals surface area (Å²) < 4.78 is 5.46. The number of hydrogen-bond acceptors (Lipinski definition) is 4. The topological polar surface area (TPSA) is 79.2 Å². The van der Waals surface area contributed by atoms with Gasteiger partial charge in [0.15, 0.2) is 10.9 Å². The summed E-state index contributed by atoms with van der Waals surface area (Å²) in [5.74, 6) is 0.901. The van der Waals surface area contributed by atoms with Crippen LogP contribution in [0.2, 0.25) is 0 Å². The molecular formula is C22H24N4O2S. The van der Waals surface area contributed by atoms with Crippen molar-refractivity contribution in [2.75, 3.05) is 0 Å². The Morgan fingerprint density at radius 3 is 2.76 bits per heavy atom. The summed E-state index contributed by atoms with van der Waals surface area (Å²) in [4.78, 5) is 17.5. The number of para-hydroxylation sites is 1. The quantitative estimate of drug-likeness (QED) is 0.446. The number of thiocarbonyl (C=S) groups is 1. The number of nitrogens with zero attached hydrogens (tertiary/aromatic N) is 1. The van der Waals surface area contributed by atoms with Gasteiger partial charge in [-0.15, -0.1) is 0 Å². The monoisotopic (exact) mass is 408 g/mol. The van der Waals surface area contributed by atoms with Gasteiger partial charge in [0.2, 0.25) is 0 Å². The number of fused-ring (bicyclic) bond motifs is 1. The Labute approximate surface area is 175 Å². The van der Waals surface area contributed by atoms with Gasteiger partial charge < -0.3 is 9.73 Å². The SMILES string of the molecule is C[C@H]1CCCC[C@@H]1NC(=S)NNC(=O)c1cc(-c2ccco2)nc2ccccc12. The van der Waals surface area contributed by atoms with Crippen LogP contribution in [-0.2, 0) is 0 Å². The van der Waals surface area contributed by atoms with Crippen LogP contribution in [0.4, 0.5) is 0 Å². The van der Waals surface area contributed by atoms with E-state index in [1.54, 1.807) is 18.4 Å². The number of benzene rings is 1. The summed E-state index contributed by atoms with van der Waals surface area (Å²) in [5.41, 5.74) is 7.40. The fraction of sp³-hybridized carbons (Fsp3) is 0.318. The van der Waals surface area contributed by atoms with E-state index in [2.05, 4.69) is 28.1 Å². The van der Waals surface area contributed by atoms with Crippen LogP contribution in [0.25, 0.3) is 22.4 Å². The average Bonchev–Trinajstić information content (AvgIpc) is 3.28. The molecule has 1 saturated carbocycles. The molecule has 4 rings (SSSR count). The Balaban J connectivity index is 1.50. The van der Waals surface area contributed by atoms with Gasteiger partial charge in [-0.2, -0.15) is 0 Å². The number of amides is 1. The van der Waals surface area contributed by atoms with Crippen LogP contribution in [0, 0.1) is 5.92 Å². The summed E-state index contributed by atoms with van der Waals surface area (Å²) in [6, 6.07) is 13.2. The maximum Gasteiger partial charge on any atom is 0.270 e. The molecule has 3 N–H and O–H groups in total. The molecule has 7 heteroatoms. The van der Waals surface area contributed by atoms with Crippen LogP contribution >= 0.6 is 12.2 Å². The zero-order chi connectivity index (χ0) is 20.2. The minimum atomic E-state index is -0.280. The van der Waals surface area contributed by atoms with E-state index in [0.717, 1.165) is 17.3 Å². The number of furan rings is 1. The molecule has 1 fully saturated rings. The molecule has 0 aliphatic heterocycles. The minimum absolute atomic E-state index is 0.280. The normalized spacial score (nSPS) is 18.9. The first-order valence-corrected chi connectivity index (χ1v) is 10.3. The standard InChI is InChI=1S/C22H24N4O2S/c1-14-7-2-4-9-17(14)24-22(29)26-25-21(27)16-13-19(20-11-6-12-28-20)23-18-10-5-3-8-15(16)18/h3,5-6,8,10-14,17H,2,4,7,9H2,1H3,(H,25,27)(H2,24,26,29)/t14-,17-/m0/s1. The van der Waals surface area contributed by atoms with Gasteiger partial charge >= 0.3 is 0 Å². The second-order valence-corrected chi connectivity index (χ2v) is 7.88. The van der Waals surface area contributed by atoms with Crippen LogP contribution < -0.4 is 16.2 Å². The van der Waals surface area contributed by atoms with Gasteiger partial charge in [0, 0.05) is 11.4 Å². The maximum atomic E-state index is 12.9. The van der Waals surface area contributed by atoms with Gasteiger partial charge in [0.05, 0.1) is 17.3 Å². The zero-order valence-corrected chi connectivity index (χ0v) is 17.1. The number of carbonyl (C=O) groups is 1. The molecule has 1 aliphatic carbocycles. The highest BCUT2D eigenvalue weighted by Gasteiger charge is 2.22. The van der Waals surface area contributed by atoms with Gasteiger partial charge in [0.25, 0.3) is 5.91 Å². The first-order chi connectivity index (χ1) is 14.1. The molecular weight excluding hydrogens is 384 g/mol. The van der Waals surface area contributed by atoms with Crippen LogP contribution in [0.3, 0.4) is 0 Å². The third kappa shape index (κ3) is 4.40. The van der Waals surface area contributed by atoms with Crippen LogP contribution in [0.5, 0.6) is 0 Å². The zero-order valence-electron chi connectivity index (χ0n) is 16.3. The van der Waals surface area contributed by atoms with Crippen molar-refractivity contribution < 1.29 is 9.21 Å². The smallest absolute Gasteiger partial charge is 0.270 e. The number of pyridine rings is 1. The highest BCUT2D eigenvalue weighted by atomic mass is 32.1. The molecule has 0 saturated heterocycles. The van der Waals surface area contributed by atoms with Gasteiger partial charge in [0.1, 0.15) is 5.69 Å². The van der Waals surface area contributed by atoms with Gasteiger partial charge in [-0.3, -0.25) is 15.6 Å². The summed E-state index contributed by atoms with van der Waals surface area (Å²) in [5, 5.41) is 4.52. The van der Waals surface area contributed by atoms with E-state index >= 15 is 0 Å². The van der Waals surface area contributed by atoms with Crippen molar-refractivity contribution in [2.45, 2.75) is 38.6 Å². The maximum absolute atomic E-state index is 12.9. The fourth-order valence-electron chi connectivity index (χ4n) is 3.83. The molecule has 1 aliphatic rings. The molecule has 1 amide bonds. The van der Waals surface area contributed by atoms with Crippen molar-refractivity contribution in [2.24, 2.45) is 5.92 Å². The number of nitrogens with one attached hydrogen (secondary N) is 3. The summed E-state index contributed by atoms with van der Waals surface area (Å²) in [6.07, 6.45) is 6.35. The van der Waals surface area contributed by atoms with E-state index in [0.29, 0.717) is 34.1 Å². The summed E-state index contributed by atoms with van der Waals surface area (Å²) in [7, 11) is 0. The Morgan fingerprint density at radius 2 is 1.97 bits per heavy atom. The molecule has 0 spiro atoms. The van der Waals surface area contributed by atoms with E-state index in [4.69, 9.17) is 16.6 Å². The van der Waals surface area contributed by atoms with Gasteiger partial charge in [-0.25, -0.2) is 4.98 Å². The second kappa shape index (κ2) is 8.61. The molecule has 0 radical (unpaired) electrons. The van der Waals surface area contributed by atoms with Crippen LogP contribution in [-0.4, -0.2) is 22.0 Å². The number of aromatic nitrogens is 1. The first kappa shape index (κ1) is 19.4. The van der Waals surface area contributed by atoms with E-state index < -0.39 is 0 Å². The Bertz CT molecular complexity index is 1020. The third-order valence-corrected chi connectivity index (χ3v) is 5.67. The molecule has 3 aromatic rings. The van der Waals surface area contributed by atoms with E-state index in [9.17, 15) is 4.79 Å². The molecule has 150 valence electrons. The predicted octanol–water partition coefficient (Wildman–Crippen LogP) is 4.18. The molecule has 0 bridgehead atoms. The largest absolute Gasteiger partial charge is 0.463 e. The number of carbonyl (C=O) groups excluding carboxylic acids is 1. The summed E-state index contributed by atoms with van der Waals surface area (Å²) >= 11 is 5.38. The minimum Gasteiger partial charge on any atom is -0.463 e. The Morgan fingerprint density at radius 1 is 1.14 bits per heavy atom. The molecule has 2 aromatic heterocycles. The lowest BCUT2D eigenvalue weighted by atomic mass is 9.86. The van der Waals surface area contributed by atoms with Crippen molar-refractivity contribution in [3.05, 3.63) is 54.3 Å². The Hall–Kier alpha value is -2.93. The van der Waals surface area contributed by atoms with Crippen molar-refractivity contribution >= 4 is 34.1 Å². The van der Waals surface area contributed by atoms with Crippen molar-refractivity contribution in [1.82, 2.24) is 21.2 Å². The van der Waals surface area contributed by atoms with E-state index in [-0.39, 0.29) is 5.91 Å². The van der Waals surface area contributed by atoms with Crippen LogP contribution in [0.15, 0.2) is 53.1 Å². The summed E-state index contributed by atoms with van der Waals surface area (Å²) in [6.45, 7) is 2.23. The van der Waals surface area contributed by atoms with E-state index in [1.165, 1.54) is 19.3 Å². The molecule has 1 aromatic carbocycles. The fourth-order valence-corrected chi connectivity index (χ4v) is 4.03. The lowest BCUT2D eigenvalue weighted by Gasteiger charge is -2.30. The van der Waals surface area contributed by atoms with E-state index in [1.807, 2.05) is 30.3 Å². The number of hydrazine groups is 1. The van der Waals surface area contributed by atoms with Crippen molar-refractivity contribution in [1.29, 1.82) is 0 Å². The van der Waals surface area contributed by atoms with Gasteiger partial charge in [-0.1, -0.05) is 38.0 Å². The Kier molecular flexibility index (Phi) is 5.76. The molecule has 0 unspecified atom stereocenters. The molecule has 2 atom stereocenters. The highest BCUT2D eigenvalue weighted by Crippen LogP contribution is 2.25. The first-order valence-electron chi connectivity index (χ1n) is 9.92. The average molecular weight is 409 g/mol. The second-order valence-electron chi connectivity index (χ2n) is 7.47. The van der Waals surface area contributed by atoms with Gasteiger partial charge in [-0.05, 0) is 55.2 Å². The van der Waals surface area contributed by atoms with Crippen LogP contribution in [0.1, 0.15) is 43.0 Å².